The normalized spacial score (nSPS) is 11.3. The van der Waals surface area contributed by atoms with Gasteiger partial charge in [0.05, 0.1) is 11.9 Å². The van der Waals surface area contributed by atoms with E-state index in [-0.39, 0.29) is 31.0 Å². The fourth-order valence-corrected chi connectivity index (χ4v) is 3.94. The van der Waals surface area contributed by atoms with Crippen LogP contribution < -0.4 is 9.62 Å². The highest BCUT2D eigenvalue weighted by atomic mass is 32.2. The van der Waals surface area contributed by atoms with Gasteiger partial charge < -0.3 is 5.32 Å². The van der Waals surface area contributed by atoms with E-state index in [4.69, 9.17) is 0 Å². The Morgan fingerprint density at radius 2 is 1.83 bits per heavy atom. The van der Waals surface area contributed by atoms with E-state index >= 15 is 0 Å². The lowest BCUT2D eigenvalue weighted by molar-refractivity contribution is -0.121. The van der Waals surface area contributed by atoms with Crippen LogP contribution in [0.5, 0.6) is 0 Å². The number of sulfonamides is 1. The van der Waals surface area contributed by atoms with Crippen LogP contribution in [0.25, 0.3) is 0 Å². The van der Waals surface area contributed by atoms with Crippen molar-refractivity contribution < 1.29 is 22.0 Å². The minimum atomic E-state index is -3.69. The van der Waals surface area contributed by atoms with Gasteiger partial charge in [-0.25, -0.2) is 17.2 Å². The van der Waals surface area contributed by atoms with Crippen LogP contribution in [0.3, 0.4) is 0 Å². The maximum Gasteiger partial charge on any atom is 0.232 e. The summed E-state index contributed by atoms with van der Waals surface area (Å²) >= 11 is 0. The van der Waals surface area contributed by atoms with Crippen molar-refractivity contribution in [3.63, 3.8) is 0 Å². The number of halogens is 2. The van der Waals surface area contributed by atoms with Crippen molar-refractivity contribution in [1.29, 1.82) is 0 Å². The predicted octanol–water partition coefficient (Wildman–Crippen LogP) is 3.57. The molecule has 2 rings (SSSR count). The van der Waals surface area contributed by atoms with Gasteiger partial charge in [0.1, 0.15) is 0 Å². The highest BCUT2D eigenvalue weighted by molar-refractivity contribution is 7.92. The summed E-state index contributed by atoms with van der Waals surface area (Å²) in [5.41, 5.74) is 2.45. The lowest BCUT2D eigenvalue weighted by Crippen LogP contribution is -2.32. The van der Waals surface area contributed by atoms with Gasteiger partial charge in [0.2, 0.25) is 15.9 Å². The highest BCUT2D eigenvalue weighted by Crippen LogP contribution is 2.21. The summed E-state index contributed by atoms with van der Waals surface area (Å²) in [5, 5.41) is 2.82. The minimum absolute atomic E-state index is 0.000613. The van der Waals surface area contributed by atoms with Crippen LogP contribution in [0.4, 0.5) is 14.5 Å². The smallest absolute Gasteiger partial charge is 0.232 e. The molecule has 0 aliphatic rings. The van der Waals surface area contributed by atoms with Gasteiger partial charge >= 0.3 is 0 Å². The molecule has 5 nitrogen and oxygen atoms in total. The van der Waals surface area contributed by atoms with Crippen molar-refractivity contribution in [2.24, 2.45) is 0 Å². The van der Waals surface area contributed by atoms with Crippen molar-refractivity contribution >= 4 is 21.6 Å². The third kappa shape index (κ3) is 7.45. The van der Waals surface area contributed by atoms with Crippen LogP contribution >= 0.6 is 0 Å². The summed E-state index contributed by atoms with van der Waals surface area (Å²) in [4.78, 5) is 12.0. The topological polar surface area (TPSA) is 66.5 Å². The average Bonchev–Trinajstić information content (AvgIpc) is 2.64. The Bertz CT molecular complexity index is 949. The van der Waals surface area contributed by atoms with Gasteiger partial charge in [0.15, 0.2) is 11.6 Å². The molecular formula is C21H26F2N2O3S. The van der Waals surface area contributed by atoms with Crippen LogP contribution in [-0.2, 0) is 21.2 Å². The van der Waals surface area contributed by atoms with Gasteiger partial charge in [-0.3, -0.25) is 9.10 Å². The number of nitrogens with one attached hydrogen (secondary N) is 1. The number of carbonyl (C=O) groups is 1. The molecule has 1 N–H and O–H groups in total. The van der Waals surface area contributed by atoms with Crippen molar-refractivity contribution in [3.8, 4) is 0 Å². The molecule has 0 heterocycles. The molecule has 8 heteroatoms. The first-order valence-electron chi connectivity index (χ1n) is 9.42. The van der Waals surface area contributed by atoms with E-state index in [9.17, 15) is 22.0 Å². The van der Waals surface area contributed by atoms with E-state index in [1.807, 2.05) is 25.1 Å². The Balaban J connectivity index is 1.78. The predicted molar refractivity (Wildman–Crippen MR) is 110 cm³/mol. The van der Waals surface area contributed by atoms with Gasteiger partial charge in [-0.05, 0) is 43.9 Å². The molecule has 0 spiro atoms. The molecule has 0 unspecified atom stereocenters. The number of nitrogens with zero attached hydrogens (tertiary/aromatic N) is 1. The molecule has 2 aromatic carbocycles. The molecule has 2 aromatic rings. The van der Waals surface area contributed by atoms with Crippen molar-refractivity contribution in [2.45, 2.75) is 32.6 Å². The lowest BCUT2D eigenvalue weighted by atomic mass is 10.1. The molecule has 0 saturated heterocycles. The van der Waals surface area contributed by atoms with Crippen molar-refractivity contribution in [3.05, 3.63) is 65.2 Å². The van der Waals surface area contributed by atoms with Crippen molar-refractivity contribution in [2.75, 3.05) is 23.7 Å². The third-order valence-corrected chi connectivity index (χ3v) is 5.60. The first-order chi connectivity index (χ1) is 13.7. The van der Waals surface area contributed by atoms with Crippen LogP contribution in [0.15, 0.2) is 42.5 Å². The molecule has 0 saturated carbocycles. The van der Waals surface area contributed by atoms with Gasteiger partial charge in [0, 0.05) is 25.6 Å². The Labute approximate surface area is 170 Å². The van der Waals surface area contributed by atoms with Crippen LogP contribution in [0.2, 0.25) is 0 Å². The monoisotopic (exact) mass is 424 g/mol. The van der Waals surface area contributed by atoms with Gasteiger partial charge in [-0.15, -0.1) is 0 Å². The van der Waals surface area contributed by atoms with E-state index in [0.29, 0.717) is 6.54 Å². The van der Waals surface area contributed by atoms with Gasteiger partial charge in [0.25, 0.3) is 0 Å². The molecule has 0 aromatic heterocycles. The average molecular weight is 425 g/mol. The molecule has 0 radical (unpaired) electrons. The molecule has 29 heavy (non-hydrogen) atoms. The standard InChI is InChI=1S/C21H26F2N2O3S/c1-16-6-3-7-17(14-16)8-4-12-24-21(26)9-5-13-25(29(2,27)28)18-10-11-19(22)20(23)15-18/h3,6-7,10-11,14-15H,4-5,8-9,12-13H2,1-2H3,(H,24,26). The van der Waals surface area contributed by atoms with E-state index in [2.05, 4.69) is 11.4 Å². The Hall–Kier alpha value is -2.48. The number of aryl methyl sites for hydroxylation is 2. The number of anilines is 1. The zero-order chi connectivity index (χ0) is 21.4. The first kappa shape index (κ1) is 22.8. The number of amides is 1. The molecule has 158 valence electrons. The van der Waals surface area contributed by atoms with E-state index in [1.165, 1.54) is 17.2 Å². The molecular weight excluding hydrogens is 398 g/mol. The Kier molecular flexibility index (Phi) is 8.13. The maximum atomic E-state index is 13.4. The molecule has 0 aliphatic heterocycles. The highest BCUT2D eigenvalue weighted by Gasteiger charge is 2.19. The number of benzene rings is 2. The minimum Gasteiger partial charge on any atom is -0.356 e. The van der Waals surface area contributed by atoms with E-state index in [0.717, 1.165) is 35.5 Å². The Morgan fingerprint density at radius 3 is 2.48 bits per heavy atom. The molecule has 0 atom stereocenters. The van der Waals surface area contributed by atoms with Crippen LogP contribution in [-0.4, -0.2) is 33.7 Å². The molecule has 1 amide bonds. The summed E-state index contributed by atoms with van der Waals surface area (Å²) < 4.78 is 51.5. The fourth-order valence-electron chi connectivity index (χ4n) is 2.99. The molecule has 0 aliphatic carbocycles. The zero-order valence-corrected chi connectivity index (χ0v) is 17.4. The first-order valence-corrected chi connectivity index (χ1v) is 11.3. The number of hydrogen-bond donors (Lipinski definition) is 1. The SMILES string of the molecule is Cc1cccc(CCCNC(=O)CCCN(c2ccc(F)c(F)c2)S(C)(=O)=O)c1. The van der Waals surface area contributed by atoms with Crippen molar-refractivity contribution in [1.82, 2.24) is 5.32 Å². The fraction of sp³-hybridized carbons (Fsp3) is 0.381. The maximum absolute atomic E-state index is 13.4. The van der Waals surface area contributed by atoms with Crippen LogP contribution in [0.1, 0.15) is 30.4 Å². The molecule has 0 fully saturated rings. The van der Waals surface area contributed by atoms with Crippen LogP contribution in [0, 0.1) is 18.6 Å². The lowest BCUT2D eigenvalue weighted by Gasteiger charge is -2.22. The second kappa shape index (κ2) is 10.3. The number of hydrogen-bond acceptors (Lipinski definition) is 3. The quantitative estimate of drug-likeness (QED) is 0.593. The van der Waals surface area contributed by atoms with Gasteiger partial charge in [-0.1, -0.05) is 29.8 Å². The summed E-state index contributed by atoms with van der Waals surface area (Å²) in [5.74, 6) is -2.34. The summed E-state index contributed by atoms with van der Waals surface area (Å²) in [6.07, 6.45) is 3.05. The van der Waals surface area contributed by atoms with E-state index < -0.39 is 21.7 Å². The third-order valence-electron chi connectivity index (χ3n) is 4.40. The second-order valence-corrected chi connectivity index (χ2v) is 8.89. The number of rotatable bonds is 10. The van der Waals surface area contributed by atoms with E-state index in [1.54, 1.807) is 0 Å². The summed E-state index contributed by atoms with van der Waals surface area (Å²) in [6.45, 7) is 2.57. The summed E-state index contributed by atoms with van der Waals surface area (Å²) in [7, 11) is -3.69. The zero-order valence-electron chi connectivity index (χ0n) is 16.6. The van der Waals surface area contributed by atoms with Gasteiger partial charge in [-0.2, -0.15) is 0 Å². The largest absolute Gasteiger partial charge is 0.356 e. The molecule has 0 bridgehead atoms. The number of carbonyl (C=O) groups excluding carboxylic acids is 1. The second-order valence-electron chi connectivity index (χ2n) is 6.98. The Morgan fingerprint density at radius 1 is 1.07 bits per heavy atom. The summed E-state index contributed by atoms with van der Waals surface area (Å²) in [6, 6.07) is 11.1.